The van der Waals surface area contributed by atoms with E-state index in [9.17, 15) is 9.90 Å². The smallest absolute Gasteiger partial charge is 0.271 e. The first-order chi connectivity index (χ1) is 13.1. The third-order valence-corrected chi connectivity index (χ3v) is 4.74. The molecule has 2 aromatic rings. The van der Waals surface area contributed by atoms with Gasteiger partial charge in [-0.25, -0.2) is 0 Å². The fourth-order valence-electron chi connectivity index (χ4n) is 3.21. The summed E-state index contributed by atoms with van der Waals surface area (Å²) in [5.74, 6) is 0.820. The third-order valence-electron chi connectivity index (χ3n) is 4.74. The molecule has 1 aromatic heterocycles. The molecule has 3 N–H and O–H groups in total. The summed E-state index contributed by atoms with van der Waals surface area (Å²) in [6.07, 6.45) is 3.04. The van der Waals surface area contributed by atoms with Crippen LogP contribution < -0.4 is 20.1 Å². The largest absolute Gasteiger partial charge is 0.497 e. The number of aromatic nitrogens is 2. The number of nitrogens with zero attached hydrogens (tertiary/aromatic N) is 2. The van der Waals surface area contributed by atoms with E-state index in [0.717, 1.165) is 25.9 Å². The maximum absolute atomic E-state index is 12.4. The van der Waals surface area contributed by atoms with Crippen LogP contribution in [0.1, 0.15) is 41.0 Å². The van der Waals surface area contributed by atoms with Gasteiger partial charge in [-0.15, -0.1) is 12.4 Å². The number of amides is 1. The van der Waals surface area contributed by atoms with Crippen molar-refractivity contribution in [2.75, 3.05) is 33.9 Å². The molecule has 28 heavy (non-hydrogen) atoms. The van der Waals surface area contributed by atoms with Crippen molar-refractivity contribution in [3.63, 3.8) is 0 Å². The van der Waals surface area contributed by atoms with Crippen LogP contribution in [0.15, 0.2) is 30.5 Å². The monoisotopic (exact) mass is 410 g/mol. The summed E-state index contributed by atoms with van der Waals surface area (Å²) in [5, 5.41) is 20.9. The van der Waals surface area contributed by atoms with E-state index in [1.165, 1.54) is 7.11 Å². The number of carbonyl (C=O) groups excluding carboxylic acids is 1. The van der Waals surface area contributed by atoms with Crippen LogP contribution in [-0.4, -0.2) is 54.6 Å². The lowest BCUT2D eigenvalue weighted by Gasteiger charge is -2.22. The van der Waals surface area contributed by atoms with Crippen LogP contribution in [-0.2, 0) is 0 Å². The molecule has 154 valence electrons. The van der Waals surface area contributed by atoms with Crippen molar-refractivity contribution in [2.24, 2.45) is 0 Å². The Kier molecular flexibility index (Phi) is 8.10. The van der Waals surface area contributed by atoms with Gasteiger partial charge in [0, 0.05) is 24.8 Å². The first-order valence-electron chi connectivity index (χ1n) is 9.06. The molecule has 8 nitrogen and oxygen atoms in total. The lowest BCUT2D eigenvalue weighted by Crippen LogP contribution is -2.32. The van der Waals surface area contributed by atoms with Crippen LogP contribution >= 0.6 is 12.4 Å². The molecule has 0 saturated carbocycles. The molecule has 1 saturated heterocycles. The van der Waals surface area contributed by atoms with Gasteiger partial charge < -0.3 is 25.2 Å². The number of nitrogens with one attached hydrogen (secondary N) is 2. The highest BCUT2D eigenvalue weighted by molar-refractivity contribution is 5.92. The van der Waals surface area contributed by atoms with Gasteiger partial charge in [0.1, 0.15) is 23.3 Å². The number of halogens is 1. The normalized spacial score (nSPS) is 17.3. The fraction of sp³-hybridized carbons (Fsp3) is 0.474. The van der Waals surface area contributed by atoms with Crippen molar-refractivity contribution >= 4 is 18.3 Å². The molecule has 1 aliphatic rings. The number of carbonyl (C=O) groups is 1. The maximum Gasteiger partial charge on any atom is 0.271 e. The second-order valence-electron chi connectivity index (χ2n) is 6.51. The minimum atomic E-state index is -0.927. The molecule has 1 fully saturated rings. The highest BCUT2D eigenvalue weighted by Crippen LogP contribution is 2.29. The average Bonchev–Trinajstić information content (AvgIpc) is 3.22. The zero-order chi connectivity index (χ0) is 19.2. The third kappa shape index (κ3) is 5.15. The van der Waals surface area contributed by atoms with Crippen molar-refractivity contribution in [1.29, 1.82) is 0 Å². The van der Waals surface area contributed by atoms with Gasteiger partial charge in [0.15, 0.2) is 0 Å². The minimum absolute atomic E-state index is 0. The highest BCUT2D eigenvalue weighted by atomic mass is 35.5. The molecule has 1 aromatic carbocycles. The molecule has 0 spiro atoms. The molecule has 2 heterocycles. The zero-order valence-corrected chi connectivity index (χ0v) is 16.9. The molecular weight excluding hydrogens is 384 g/mol. The van der Waals surface area contributed by atoms with E-state index in [2.05, 4.69) is 15.7 Å². The van der Waals surface area contributed by atoms with Gasteiger partial charge in [-0.3, -0.25) is 9.48 Å². The molecule has 3 rings (SSSR count). The van der Waals surface area contributed by atoms with E-state index in [-0.39, 0.29) is 30.9 Å². The number of rotatable bonds is 7. The number of methoxy groups -OCH3 is 2. The second-order valence-corrected chi connectivity index (χ2v) is 6.51. The first kappa shape index (κ1) is 22.0. The molecular formula is C19H27ClN4O4. The average molecular weight is 411 g/mol. The summed E-state index contributed by atoms with van der Waals surface area (Å²) in [4.78, 5) is 12.4. The number of benzene rings is 1. The molecule has 0 aliphatic carbocycles. The Morgan fingerprint density at radius 3 is 2.89 bits per heavy atom. The molecule has 1 aliphatic heterocycles. The lowest BCUT2D eigenvalue weighted by atomic mass is 10.1. The predicted octanol–water partition coefficient (Wildman–Crippen LogP) is 1.71. The summed E-state index contributed by atoms with van der Waals surface area (Å²) in [6, 6.07) is 7.13. The quantitative estimate of drug-likeness (QED) is 0.643. The Morgan fingerprint density at radius 1 is 1.39 bits per heavy atom. The van der Waals surface area contributed by atoms with E-state index < -0.39 is 6.10 Å². The van der Waals surface area contributed by atoms with E-state index >= 15 is 0 Å². The van der Waals surface area contributed by atoms with Gasteiger partial charge in [-0.2, -0.15) is 5.10 Å². The maximum atomic E-state index is 12.4. The van der Waals surface area contributed by atoms with E-state index in [4.69, 9.17) is 9.47 Å². The fourth-order valence-corrected chi connectivity index (χ4v) is 3.21. The minimum Gasteiger partial charge on any atom is -0.497 e. The molecule has 9 heteroatoms. The molecule has 2 unspecified atom stereocenters. The van der Waals surface area contributed by atoms with Crippen molar-refractivity contribution in [3.8, 4) is 11.5 Å². The van der Waals surface area contributed by atoms with Crippen molar-refractivity contribution < 1.29 is 19.4 Å². The predicted molar refractivity (Wildman–Crippen MR) is 107 cm³/mol. The SMILES string of the molecule is COc1ccc(OC)c(C(O)CNC(=O)c2ccn(C3CCCNC3)n2)c1.Cl. The summed E-state index contributed by atoms with van der Waals surface area (Å²) in [7, 11) is 3.08. The summed E-state index contributed by atoms with van der Waals surface area (Å²) in [6.45, 7) is 1.92. The molecule has 0 bridgehead atoms. The standard InChI is InChI=1S/C19H26N4O4.ClH/c1-26-14-5-6-18(27-2)15(10-14)17(24)12-21-19(25)16-7-9-23(22-16)13-4-3-8-20-11-13;/h5-7,9-10,13,17,20,24H,3-4,8,11-12H2,1-2H3,(H,21,25);1H. The van der Waals surface area contributed by atoms with Crippen LogP contribution in [0.25, 0.3) is 0 Å². The molecule has 0 radical (unpaired) electrons. The van der Waals surface area contributed by atoms with Crippen LogP contribution in [0, 0.1) is 0 Å². The van der Waals surface area contributed by atoms with Crippen LogP contribution in [0.3, 0.4) is 0 Å². The second kappa shape index (κ2) is 10.3. The van der Waals surface area contributed by atoms with Gasteiger partial charge in [0.25, 0.3) is 5.91 Å². The Balaban J connectivity index is 0.00000280. The Bertz CT molecular complexity index is 777. The van der Waals surface area contributed by atoms with E-state index in [0.29, 0.717) is 22.8 Å². The number of hydrogen-bond donors (Lipinski definition) is 3. The Labute approximate surface area is 170 Å². The van der Waals surface area contributed by atoms with Gasteiger partial charge in [0.05, 0.1) is 20.3 Å². The number of hydrogen-bond acceptors (Lipinski definition) is 6. The first-order valence-corrected chi connectivity index (χ1v) is 9.06. The Hall–Kier alpha value is -2.29. The van der Waals surface area contributed by atoms with E-state index in [1.807, 2.05) is 10.9 Å². The number of ether oxygens (including phenoxy) is 2. The van der Waals surface area contributed by atoms with Crippen molar-refractivity contribution in [1.82, 2.24) is 20.4 Å². The highest BCUT2D eigenvalue weighted by Gasteiger charge is 2.19. The number of aliphatic hydroxyl groups is 1. The van der Waals surface area contributed by atoms with Gasteiger partial charge in [0.2, 0.25) is 0 Å². The topological polar surface area (TPSA) is 97.6 Å². The summed E-state index contributed by atoms with van der Waals surface area (Å²) < 4.78 is 12.3. The van der Waals surface area contributed by atoms with Gasteiger partial charge >= 0.3 is 0 Å². The summed E-state index contributed by atoms with van der Waals surface area (Å²) in [5.41, 5.74) is 0.890. The van der Waals surface area contributed by atoms with Gasteiger partial charge in [-0.05, 0) is 43.7 Å². The number of aliphatic hydroxyl groups excluding tert-OH is 1. The van der Waals surface area contributed by atoms with E-state index in [1.54, 1.807) is 31.4 Å². The van der Waals surface area contributed by atoms with Crippen LogP contribution in [0.2, 0.25) is 0 Å². The number of piperidine rings is 1. The van der Waals surface area contributed by atoms with Crippen LogP contribution in [0.4, 0.5) is 0 Å². The Morgan fingerprint density at radius 2 is 2.21 bits per heavy atom. The molecule has 2 atom stereocenters. The summed E-state index contributed by atoms with van der Waals surface area (Å²) >= 11 is 0. The van der Waals surface area contributed by atoms with Crippen LogP contribution in [0.5, 0.6) is 11.5 Å². The lowest BCUT2D eigenvalue weighted by molar-refractivity contribution is 0.0908. The molecule has 1 amide bonds. The zero-order valence-electron chi connectivity index (χ0n) is 16.1. The van der Waals surface area contributed by atoms with Gasteiger partial charge in [-0.1, -0.05) is 0 Å². The van der Waals surface area contributed by atoms with Crippen molar-refractivity contribution in [2.45, 2.75) is 25.0 Å². The van der Waals surface area contributed by atoms with Crippen molar-refractivity contribution in [3.05, 3.63) is 41.7 Å².